The van der Waals surface area contributed by atoms with Crippen molar-refractivity contribution in [2.24, 2.45) is 0 Å². The molecule has 0 saturated carbocycles. The number of nitrogens with one attached hydrogen (secondary N) is 1. The Balaban J connectivity index is 1.88. The van der Waals surface area contributed by atoms with Crippen molar-refractivity contribution in [1.29, 1.82) is 0 Å². The molecule has 1 aromatic heterocycles. The molecule has 2 aromatic rings. The number of hydrogen-bond acceptors (Lipinski definition) is 2. The lowest BCUT2D eigenvalue weighted by Gasteiger charge is -2.10. The maximum atomic E-state index is 4.17. The Labute approximate surface area is 102 Å². The molecule has 3 heteroatoms. The van der Waals surface area contributed by atoms with Crippen LogP contribution in [0.3, 0.4) is 0 Å². The second-order valence-electron chi connectivity index (χ2n) is 4.48. The van der Waals surface area contributed by atoms with Crippen LogP contribution in [0.5, 0.6) is 0 Å². The van der Waals surface area contributed by atoms with Crippen molar-refractivity contribution < 1.29 is 0 Å². The smallest absolute Gasteiger partial charge is 0.0582 e. The number of anilines is 1. The van der Waals surface area contributed by atoms with Crippen molar-refractivity contribution >= 4 is 5.69 Å². The Morgan fingerprint density at radius 1 is 1.29 bits per heavy atom. The monoisotopic (exact) mass is 229 g/mol. The predicted octanol–water partition coefficient (Wildman–Crippen LogP) is 3.12. The van der Waals surface area contributed by atoms with Gasteiger partial charge in [-0.3, -0.25) is 4.68 Å². The summed E-state index contributed by atoms with van der Waals surface area (Å²) in [7, 11) is 0. The molecular weight excluding hydrogens is 210 g/mol. The van der Waals surface area contributed by atoms with Crippen LogP contribution in [0.1, 0.15) is 25.3 Å². The molecule has 0 bridgehead atoms. The van der Waals surface area contributed by atoms with Gasteiger partial charge in [0.1, 0.15) is 0 Å². The highest BCUT2D eigenvalue weighted by atomic mass is 15.3. The molecule has 1 heterocycles. The van der Waals surface area contributed by atoms with Crippen molar-refractivity contribution in [3.63, 3.8) is 0 Å². The first-order valence-corrected chi connectivity index (χ1v) is 6.07. The third kappa shape index (κ3) is 3.34. The molecule has 0 spiro atoms. The van der Waals surface area contributed by atoms with Crippen LogP contribution in [0.4, 0.5) is 5.69 Å². The number of aromatic nitrogens is 2. The second-order valence-corrected chi connectivity index (χ2v) is 4.48. The van der Waals surface area contributed by atoms with Gasteiger partial charge in [0.05, 0.1) is 6.54 Å². The van der Waals surface area contributed by atoms with Gasteiger partial charge in [0.25, 0.3) is 0 Å². The Morgan fingerprint density at radius 3 is 2.88 bits per heavy atom. The minimum atomic E-state index is 0.572. The lowest BCUT2D eigenvalue weighted by molar-refractivity contribution is 0.638. The summed E-state index contributed by atoms with van der Waals surface area (Å²) in [5.74, 6) is 0.572. The molecule has 0 amide bonds. The molecule has 17 heavy (non-hydrogen) atoms. The van der Waals surface area contributed by atoms with Gasteiger partial charge in [0.2, 0.25) is 0 Å². The Morgan fingerprint density at radius 2 is 2.18 bits per heavy atom. The first-order valence-electron chi connectivity index (χ1n) is 6.07. The first kappa shape index (κ1) is 11.7. The zero-order chi connectivity index (χ0) is 12.1. The number of hydrogen-bond donors (Lipinski definition) is 1. The maximum Gasteiger partial charge on any atom is 0.0582 e. The van der Waals surface area contributed by atoms with E-state index >= 15 is 0 Å². The molecule has 0 aliphatic rings. The summed E-state index contributed by atoms with van der Waals surface area (Å²) in [4.78, 5) is 0. The molecule has 0 aliphatic heterocycles. The topological polar surface area (TPSA) is 29.9 Å². The summed E-state index contributed by atoms with van der Waals surface area (Å²) < 4.78 is 1.93. The normalized spacial score (nSPS) is 10.8. The second kappa shape index (κ2) is 5.53. The van der Waals surface area contributed by atoms with Gasteiger partial charge < -0.3 is 5.32 Å². The molecule has 3 nitrogen and oxygen atoms in total. The van der Waals surface area contributed by atoms with Crippen LogP contribution < -0.4 is 5.32 Å². The highest BCUT2D eigenvalue weighted by Crippen LogP contribution is 2.18. The van der Waals surface area contributed by atoms with Gasteiger partial charge >= 0.3 is 0 Å². The molecule has 0 saturated heterocycles. The van der Waals surface area contributed by atoms with E-state index in [0.717, 1.165) is 13.1 Å². The summed E-state index contributed by atoms with van der Waals surface area (Å²) in [5.41, 5.74) is 2.55. The fraction of sp³-hybridized carbons (Fsp3) is 0.357. The molecule has 0 radical (unpaired) electrons. The molecule has 0 fully saturated rings. The quantitative estimate of drug-likeness (QED) is 0.853. The van der Waals surface area contributed by atoms with Crippen LogP contribution in [0.25, 0.3) is 0 Å². The van der Waals surface area contributed by atoms with Crippen molar-refractivity contribution in [2.75, 3.05) is 11.9 Å². The lowest BCUT2D eigenvalue weighted by atomic mass is 10.0. The fourth-order valence-electron chi connectivity index (χ4n) is 1.76. The molecule has 0 aliphatic carbocycles. The maximum absolute atomic E-state index is 4.17. The Kier molecular flexibility index (Phi) is 3.81. The summed E-state index contributed by atoms with van der Waals surface area (Å²) in [6, 6.07) is 10.5. The highest BCUT2D eigenvalue weighted by molar-refractivity contribution is 5.46. The first-order chi connectivity index (χ1) is 8.25. The summed E-state index contributed by atoms with van der Waals surface area (Å²) in [6.07, 6.45) is 3.78. The van der Waals surface area contributed by atoms with Gasteiger partial charge in [-0.1, -0.05) is 26.0 Å². The Bertz CT molecular complexity index is 446. The van der Waals surface area contributed by atoms with E-state index in [1.807, 2.05) is 16.9 Å². The van der Waals surface area contributed by atoms with Crippen LogP contribution in [-0.4, -0.2) is 16.3 Å². The summed E-state index contributed by atoms with van der Waals surface area (Å²) >= 11 is 0. The van der Waals surface area contributed by atoms with Crippen molar-refractivity contribution in [3.8, 4) is 0 Å². The van der Waals surface area contributed by atoms with E-state index in [1.54, 1.807) is 6.20 Å². The van der Waals surface area contributed by atoms with E-state index in [-0.39, 0.29) is 0 Å². The molecule has 90 valence electrons. The van der Waals surface area contributed by atoms with Gasteiger partial charge in [0.15, 0.2) is 0 Å². The predicted molar refractivity (Wildman–Crippen MR) is 71.2 cm³/mol. The SMILES string of the molecule is CC(C)c1cccc(NCCn2cccn2)c1. The third-order valence-electron chi connectivity index (χ3n) is 2.78. The van der Waals surface area contributed by atoms with E-state index in [4.69, 9.17) is 0 Å². The fourth-order valence-corrected chi connectivity index (χ4v) is 1.76. The standard InChI is InChI=1S/C14H19N3/c1-12(2)13-5-3-6-14(11-13)15-8-10-17-9-4-7-16-17/h3-7,9,11-12,15H,8,10H2,1-2H3. The van der Waals surface area contributed by atoms with Gasteiger partial charge in [-0.15, -0.1) is 0 Å². The molecule has 0 atom stereocenters. The van der Waals surface area contributed by atoms with E-state index in [9.17, 15) is 0 Å². The van der Waals surface area contributed by atoms with Gasteiger partial charge in [-0.25, -0.2) is 0 Å². The average Bonchev–Trinajstić information content (AvgIpc) is 2.82. The molecule has 2 rings (SSSR count). The van der Waals surface area contributed by atoms with Gasteiger partial charge in [-0.05, 0) is 29.7 Å². The van der Waals surface area contributed by atoms with E-state index < -0.39 is 0 Å². The highest BCUT2D eigenvalue weighted by Gasteiger charge is 1.99. The van der Waals surface area contributed by atoms with Gasteiger partial charge in [-0.2, -0.15) is 5.10 Å². The van der Waals surface area contributed by atoms with Gasteiger partial charge in [0, 0.05) is 24.6 Å². The van der Waals surface area contributed by atoms with Crippen LogP contribution >= 0.6 is 0 Å². The van der Waals surface area contributed by atoms with Crippen molar-refractivity contribution in [2.45, 2.75) is 26.3 Å². The zero-order valence-electron chi connectivity index (χ0n) is 10.4. The van der Waals surface area contributed by atoms with Crippen LogP contribution in [0.15, 0.2) is 42.7 Å². The van der Waals surface area contributed by atoms with Crippen molar-refractivity contribution in [1.82, 2.24) is 9.78 Å². The minimum absolute atomic E-state index is 0.572. The minimum Gasteiger partial charge on any atom is -0.383 e. The summed E-state index contributed by atoms with van der Waals surface area (Å²) in [5, 5.41) is 7.59. The molecule has 1 aromatic carbocycles. The van der Waals surface area contributed by atoms with E-state index in [2.05, 4.69) is 48.5 Å². The molecular formula is C14H19N3. The largest absolute Gasteiger partial charge is 0.383 e. The van der Waals surface area contributed by atoms with E-state index in [0.29, 0.717) is 5.92 Å². The van der Waals surface area contributed by atoms with E-state index in [1.165, 1.54) is 11.3 Å². The van der Waals surface area contributed by atoms with Crippen molar-refractivity contribution in [3.05, 3.63) is 48.3 Å². The van der Waals surface area contributed by atoms with Crippen LogP contribution in [0.2, 0.25) is 0 Å². The lowest BCUT2D eigenvalue weighted by Crippen LogP contribution is -2.10. The average molecular weight is 229 g/mol. The number of rotatable bonds is 5. The third-order valence-corrected chi connectivity index (χ3v) is 2.78. The Hall–Kier alpha value is -1.77. The van der Waals surface area contributed by atoms with Crippen LogP contribution in [-0.2, 0) is 6.54 Å². The summed E-state index contributed by atoms with van der Waals surface area (Å²) in [6.45, 7) is 6.20. The number of benzene rings is 1. The molecule has 0 unspecified atom stereocenters. The zero-order valence-corrected chi connectivity index (χ0v) is 10.4. The van der Waals surface area contributed by atoms with Crippen LogP contribution in [0, 0.1) is 0 Å². The molecule has 1 N–H and O–H groups in total. The number of nitrogens with zero attached hydrogens (tertiary/aromatic N) is 2.